The Kier molecular flexibility index (Phi) is 3.94. The fraction of sp³-hybridized carbons (Fsp3) is 0.857. The molecular weight excluding hydrogens is 254 g/mol. The summed E-state index contributed by atoms with van der Waals surface area (Å²) in [7, 11) is 2.04. The van der Waals surface area contributed by atoms with Gasteiger partial charge >= 0.3 is 0 Å². The number of rotatable bonds is 2. The maximum atomic E-state index is 5.47. The van der Waals surface area contributed by atoms with E-state index in [1.807, 2.05) is 14.0 Å². The number of hydrogen-bond donors (Lipinski definition) is 0. The van der Waals surface area contributed by atoms with Crippen molar-refractivity contribution in [2.75, 3.05) is 37.7 Å². The molecule has 0 N–H and O–H groups in total. The van der Waals surface area contributed by atoms with Crippen LogP contribution in [0.2, 0.25) is 0 Å². The number of piperazine rings is 1. The molecule has 1 aromatic rings. The van der Waals surface area contributed by atoms with Gasteiger partial charge in [-0.3, -0.25) is 4.90 Å². The molecule has 2 saturated heterocycles. The summed E-state index contributed by atoms with van der Waals surface area (Å²) < 4.78 is 7.55. The predicted octanol–water partition coefficient (Wildman–Crippen LogP) is 0.813. The summed E-state index contributed by atoms with van der Waals surface area (Å²) >= 11 is 0. The molecule has 0 spiro atoms. The molecule has 6 nitrogen and oxygen atoms in total. The molecule has 0 saturated carbocycles. The van der Waals surface area contributed by atoms with Gasteiger partial charge in [0.1, 0.15) is 5.82 Å². The van der Waals surface area contributed by atoms with E-state index in [2.05, 4.69) is 31.5 Å². The second-order valence-electron chi connectivity index (χ2n) is 5.99. The standard InChI is InChI=1S/C14H25N5O/c1-11-10-18(13-4-8-20-9-5-13)6-7-19(11)14-16-15-12(2)17(14)3/h11,13H,4-10H2,1-3H3/t11-/m1/s1. The Balaban J connectivity index is 1.66. The molecule has 112 valence electrons. The summed E-state index contributed by atoms with van der Waals surface area (Å²) in [5.74, 6) is 1.97. The second-order valence-corrected chi connectivity index (χ2v) is 5.99. The van der Waals surface area contributed by atoms with Crippen molar-refractivity contribution >= 4 is 5.95 Å². The van der Waals surface area contributed by atoms with Gasteiger partial charge < -0.3 is 14.2 Å². The summed E-state index contributed by atoms with van der Waals surface area (Å²) in [5.41, 5.74) is 0. The van der Waals surface area contributed by atoms with Crippen molar-refractivity contribution in [3.8, 4) is 0 Å². The van der Waals surface area contributed by atoms with Gasteiger partial charge in [0.05, 0.1) is 0 Å². The summed E-state index contributed by atoms with van der Waals surface area (Å²) in [4.78, 5) is 5.02. The number of aryl methyl sites for hydroxylation is 1. The summed E-state index contributed by atoms with van der Waals surface area (Å²) in [6, 6.07) is 1.18. The smallest absolute Gasteiger partial charge is 0.227 e. The average molecular weight is 279 g/mol. The van der Waals surface area contributed by atoms with Crippen molar-refractivity contribution in [1.29, 1.82) is 0 Å². The van der Waals surface area contributed by atoms with Crippen LogP contribution in [0, 0.1) is 6.92 Å². The van der Waals surface area contributed by atoms with Gasteiger partial charge in [-0.2, -0.15) is 0 Å². The monoisotopic (exact) mass is 279 g/mol. The van der Waals surface area contributed by atoms with Crippen molar-refractivity contribution < 1.29 is 4.74 Å². The Morgan fingerprint density at radius 1 is 1.15 bits per heavy atom. The normalized spacial score (nSPS) is 26.1. The van der Waals surface area contributed by atoms with Gasteiger partial charge in [-0.15, -0.1) is 10.2 Å². The highest BCUT2D eigenvalue weighted by atomic mass is 16.5. The van der Waals surface area contributed by atoms with Crippen LogP contribution in [0.5, 0.6) is 0 Å². The number of anilines is 1. The maximum absolute atomic E-state index is 5.47. The largest absolute Gasteiger partial charge is 0.381 e. The van der Waals surface area contributed by atoms with Gasteiger partial charge in [-0.1, -0.05) is 0 Å². The van der Waals surface area contributed by atoms with E-state index in [0.717, 1.165) is 44.6 Å². The topological polar surface area (TPSA) is 46.4 Å². The third kappa shape index (κ3) is 2.54. The van der Waals surface area contributed by atoms with Crippen molar-refractivity contribution in [2.24, 2.45) is 7.05 Å². The summed E-state index contributed by atoms with van der Waals surface area (Å²) in [6.07, 6.45) is 2.35. The zero-order valence-corrected chi connectivity index (χ0v) is 12.7. The molecule has 0 aromatic carbocycles. The van der Waals surface area contributed by atoms with E-state index in [-0.39, 0.29) is 0 Å². The molecule has 0 bridgehead atoms. The fourth-order valence-electron chi connectivity index (χ4n) is 3.31. The molecule has 2 aliphatic heterocycles. The van der Waals surface area contributed by atoms with Crippen LogP contribution in [0.3, 0.4) is 0 Å². The first kappa shape index (κ1) is 13.8. The third-order valence-electron chi connectivity index (χ3n) is 4.69. The SMILES string of the molecule is Cc1nnc(N2CCN(C3CCOCC3)C[C@H]2C)n1C. The Morgan fingerprint density at radius 2 is 1.90 bits per heavy atom. The Bertz CT molecular complexity index is 454. The molecule has 1 aromatic heterocycles. The van der Waals surface area contributed by atoms with E-state index in [1.165, 1.54) is 12.8 Å². The number of nitrogens with zero attached hydrogens (tertiary/aromatic N) is 5. The molecule has 0 radical (unpaired) electrons. The highest BCUT2D eigenvalue weighted by Gasteiger charge is 2.31. The molecule has 3 rings (SSSR count). The lowest BCUT2D eigenvalue weighted by atomic mass is 10.0. The van der Waals surface area contributed by atoms with Crippen LogP contribution >= 0.6 is 0 Å². The van der Waals surface area contributed by atoms with Gasteiger partial charge in [0, 0.05) is 52.0 Å². The van der Waals surface area contributed by atoms with E-state index >= 15 is 0 Å². The predicted molar refractivity (Wildman–Crippen MR) is 78.0 cm³/mol. The molecule has 6 heteroatoms. The van der Waals surface area contributed by atoms with Gasteiger partial charge in [-0.05, 0) is 26.7 Å². The average Bonchev–Trinajstić information content (AvgIpc) is 2.80. The van der Waals surface area contributed by atoms with E-state index < -0.39 is 0 Å². The molecular formula is C14H25N5O. The Morgan fingerprint density at radius 3 is 2.50 bits per heavy atom. The highest BCUT2D eigenvalue weighted by molar-refractivity contribution is 5.33. The van der Waals surface area contributed by atoms with Gasteiger partial charge in [0.2, 0.25) is 5.95 Å². The molecule has 2 aliphatic rings. The number of hydrogen-bond acceptors (Lipinski definition) is 5. The van der Waals surface area contributed by atoms with Crippen LogP contribution in [-0.2, 0) is 11.8 Å². The first-order valence-electron chi connectivity index (χ1n) is 7.61. The molecule has 0 aliphatic carbocycles. The zero-order chi connectivity index (χ0) is 14.1. The van der Waals surface area contributed by atoms with Crippen molar-refractivity contribution in [2.45, 2.75) is 38.8 Å². The highest BCUT2D eigenvalue weighted by Crippen LogP contribution is 2.22. The van der Waals surface area contributed by atoms with Crippen LogP contribution in [0.15, 0.2) is 0 Å². The van der Waals surface area contributed by atoms with Crippen LogP contribution in [0.1, 0.15) is 25.6 Å². The molecule has 3 heterocycles. The van der Waals surface area contributed by atoms with E-state index in [1.54, 1.807) is 0 Å². The lowest BCUT2D eigenvalue weighted by molar-refractivity contribution is 0.0278. The first-order chi connectivity index (χ1) is 9.66. The Labute approximate surface area is 120 Å². The molecule has 2 fully saturated rings. The van der Waals surface area contributed by atoms with Gasteiger partial charge in [0.15, 0.2) is 0 Å². The minimum absolute atomic E-state index is 0.480. The van der Waals surface area contributed by atoms with E-state index in [0.29, 0.717) is 12.1 Å². The van der Waals surface area contributed by atoms with E-state index in [4.69, 9.17) is 4.74 Å². The quantitative estimate of drug-likeness (QED) is 0.802. The number of ether oxygens (including phenoxy) is 1. The maximum Gasteiger partial charge on any atom is 0.227 e. The third-order valence-corrected chi connectivity index (χ3v) is 4.69. The molecule has 20 heavy (non-hydrogen) atoms. The summed E-state index contributed by atoms with van der Waals surface area (Å²) in [6.45, 7) is 9.38. The molecule has 1 atom stereocenters. The minimum atomic E-state index is 0.480. The van der Waals surface area contributed by atoms with Crippen LogP contribution < -0.4 is 4.90 Å². The summed E-state index contributed by atoms with van der Waals surface area (Å²) in [5, 5.41) is 8.50. The van der Waals surface area contributed by atoms with Crippen LogP contribution in [-0.4, -0.2) is 64.6 Å². The van der Waals surface area contributed by atoms with Crippen molar-refractivity contribution in [1.82, 2.24) is 19.7 Å². The lowest BCUT2D eigenvalue weighted by Gasteiger charge is -2.44. The van der Waals surface area contributed by atoms with Crippen LogP contribution in [0.4, 0.5) is 5.95 Å². The second kappa shape index (κ2) is 5.69. The minimum Gasteiger partial charge on any atom is -0.381 e. The molecule has 0 unspecified atom stereocenters. The number of aromatic nitrogens is 3. The first-order valence-corrected chi connectivity index (χ1v) is 7.61. The van der Waals surface area contributed by atoms with Crippen LogP contribution in [0.25, 0.3) is 0 Å². The van der Waals surface area contributed by atoms with Gasteiger partial charge in [0.25, 0.3) is 0 Å². The zero-order valence-electron chi connectivity index (χ0n) is 12.7. The van der Waals surface area contributed by atoms with Crippen molar-refractivity contribution in [3.05, 3.63) is 5.82 Å². The van der Waals surface area contributed by atoms with Crippen molar-refractivity contribution in [3.63, 3.8) is 0 Å². The fourth-order valence-corrected chi connectivity index (χ4v) is 3.31. The molecule has 0 amide bonds. The van der Waals surface area contributed by atoms with E-state index in [9.17, 15) is 0 Å². The lowest BCUT2D eigenvalue weighted by Crippen LogP contribution is -2.56. The Hall–Kier alpha value is -1.14. The van der Waals surface area contributed by atoms with Gasteiger partial charge in [-0.25, -0.2) is 0 Å².